The monoisotopic (exact) mass is 356 g/mol. The van der Waals surface area contributed by atoms with E-state index in [1.807, 2.05) is 24.1 Å². The highest BCUT2D eigenvalue weighted by molar-refractivity contribution is 7.14. The number of carbonyl (C=O) groups excluding carboxylic acids is 1. The van der Waals surface area contributed by atoms with E-state index < -0.39 is 5.92 Å². The zero-order valence-electron chi connectivity index (χ0n) is 14.6. The van der Waals surface area contributed by atoms with Gasteiger partial charge in [0.25, 0.3) is 5.91 Å². The highest BCUT2D eigenvalue weighted by atomic mass is 32.1. The number of likely N-dealkylation sites (tertiary alicyclic amines) is 1. The molecule has 1 aliphatic heterocycles. The molecule has 1 aromatic heterocycles. The Labute approximate surface area is 146 Å². The van der Waals surface area contributed by atoms with Gasteiger partial charge in [-0.15, -0.1) is 11.3 Å². The standard InChI is InChI=1S/C18H26F2N2OS/c1-12(2)15-4-5-16(24-15)17(23)21(3)14-6-7-22(11-14)10-13-8-18(19,20)9-13/h4-5,12-14H,6-11H2,1-3H3. The van der Waals surface area contributed by atoms with Crippen molar-refractivity contribution in [2.24, 2.45) is 5.92 Å². The van der Waals surface area contributed by atoms with Gasteiger partial charge in [0.05, 0.1) is 4.88 Å². The summed E-state index contributed by atoms with van der Waals surface area (Å²) < 4.78 is 25.9. The number of nitrogens with zero attached hydrogens (tertiary/aromatic N) is 2. The van der Waals surface area contributed by atoms with E-state index in [1.165, 1.54) is 4.88 Å². The number of carbonyl (C=O) groups is 1. The lowest BCUT2D eigenvalue weighted by Gasteiger charge is -2.37. The highest BCUT2D eigenvalue weighted by Gasteiger charge is 2.46. The molecular weight excluding hydrogens is 330 g/mol. The van der Waals surface area contributed by atoms with Gasteiger partial charge in [0, 0.05) is 50.4 Å². The molecular formula is C18H26F2N2OS. The molecule has 2 aliphatic rings. The number of hydrogen-bond acceptors (Lipinski definition) is 3. The van der Waals surface area contributed by atoms with Crippen molar-refractivity contribution in [3.8, 4) is 0 Å². The Hall–Kier alpha value is -1.01. The molecule has 2 fully saturated rings. The van der Waals surface area contributed by atoms with Crippen LogP contribution in [0, 0.1) is 5.92 Å². The molecule has 3 rings (SSSR count). The van der Waals surface area contributed by atoms with E-state index in [9.17, 15) is 13.6 Å². The van der Waals surface area contributed by atoms with Crippen LogP contribution >= 0.6 is 11.3 Å². The summed E-state index contributed by atoms with van der Waals surface area (Å²) in [5, 5.41) is 0. The summed E-state index contributed by atoms with van der Waals surface area (Å²) in [5.74, 6) is -1.81. The largest absolute Gasteiger partial charge is 0.337 e. The van der Waals surface area contributed by atoms with E-state index in [0.717, 1.165) is 30.9 Å². The van der Waals surface area contributed by atoms with Gasteiger partial charge in [-0.2, -0.15) is 0 Å². The molecule has 1 saturated heterocycles. The Bertz CT molecular complexity index is 594. The molecule has 1 saturated carbocycles. The second-order valence-corrected chi connectivity index (χ2v) is 8.72. The second kappa shape index (κ2) is 6.71. The number of halogens is 2. The van der Waals surface area contributed by atoms with Crippen molar-refractivity contribution in [1.29, 1.82) is 0 Å². The van der Waals surface area contributed by atoms with Crippen LogP contribution in [0.2, 0.25) is 0 Å². The lowest BCUT2D eigenvalue weighted by atomic mass is 9.81. The Morgan fingerprint density at radius 2 is 2.12 bits per heavy atom. The number of alkyl halides is 2. The normalized spacial score (nSPS) is 24.3. The molecule has 0 spiro atoms. The lowest BCUT2D eigenvalue weighted by Crippen LogP contribution is -2.43. The third kappa shape index (κ3) is 3.80. The van der Waals surface area contributed by atoms with E-state index >= 15 is 0 Å². The topological polar surface area (TPSA) is 23.6 Å². The molecule has 0 bridgehead atoms. The molecule has 1 amide bonds. The van der Waals surface area contributed by atoms with Gasteiger partial charge < -0.3 is 9.80 Å². The molecule has 1 aliphatic carbocycles. The second-order valence-electron chi connectivity index (χ2n) is 7.61. The molecule has 0 radical (unpaired) electrons. The number of rotatable bonds is 5. The maximum Gasteiger partial charge on any atom is 0.263 e. The van der Waals surface area contributed by atoms with Crippen LogP contribution in [0.1, 0.15) is 53.6 Å². The maximum absolute atomic E-state index is 12.9. The first-order valence-corrected chi connectivity index (χ1v) is 9.54. The molecule has 0 N–H and O–H groups in total. The van der Waals surface area contributed by atoms with E-state index in [1.54, 1.807) is 11.3 Å². The Morgan fingerprint density at radius 3 is 2.71 bits per heavy atom. The first-order chi connectivity index (χ1) is 11.2. The van der Waals surface area contributed by atoms with Gasteiger partial charge in [0.1, 0.15) is 0 Å². The molecule has 1 aromatic rings. The van der Waals surface area contributed by atoms with Crippen LogP contribution in [0.3, 0.4) is 0 Å². The van der Waals surface area contributed by atoms with Gasteiger partial charge in [-0.3, -0.25) is 4.79 Å². The zero-order valence-corrected chi connectivity index (χ0v) is 15.4. The summed E-state index contributed by atoms with van der Waals surface area (Å²) >= 11 is 1.57. The summed E-state index contributed by atoms with van der Waals surface area (Å²) in [6.07, 6.45) is 0.972. The number of thiophene rings is 1. The average molecular weight is 356 g/mol. The third-order valence-electron chi connectivity index (χ3n) is 5.21. The van der Waals surface area contributed by atoms with Gasteiger partial charge in [0.15, 0.2) is 0 Å². The van der Waals surface area contributed by atoms with Crippen molar-refractivity contribution in [2.75, 3.05) is 26.7 Å². The molecule has 6 heteroatoms. The molecule has 2 heterocycles. The SMILES string of the molecule is CC(C)c1ccc(C(=O)N(C)C2CCN(CC3CC(F)(F)C3)C2)s1. The van der Waals surface area contributed by atoms with Gasteiger partial charge in [-0.05, 0) is 30.4 Å². The first kappa shape index (κ1) is 17.8. The molecule has 134 valence electrons. The quantitative estimate of drug-likeness (QED) is 0.794. The fraction of sp³-hybridized carbons (Fsp3) is 0.722. The van der Waals surface area contributed by atoms with Crippen LogP contribution in [-0.4, -0.2) is 54.4 Å². The Morgan fingerprint density at radius 1 is 1.42 bits per heavy atom. The fourth-order valence-corrected chi connectivity index (χ4v) is 4.68. The third-order valence-corrected chi connectivity index (χ3v) is 6.59. The average Bonchev–Trinajstić information content (AvgIpc) is 3.13. The summed E-state index contributed by atoms with van der Waals surface area (Å²) in [5.41, 5.74) is 0. The number of amides is 1. The predicted octanol–water partition coefficient (Wildman–Crippen LogP) is 4.06. The minimum Gasteiger partial charge on any atom is -0.337 e. The van der Waals surface area contributed by atoms with Crippen LogP contribution in [0.4, 0.5) is 8.78 Å². The zero-order chi connectivity index (χ0) is 17.5. The summed E-state index contributed by atoms with van der Waals surface area (Å²) in [6.45, 7) is 6.69. The smallest absolute Gasteiger partial charge is 0.263 e. The molecule has 0 aromatic carbocycles. The van der Waals surface area contributed by atoms with Crippen LogP contribution in [0.5, 0.6) is 0 Å². The van der Waals surface area contributed by atoms with Crippen LogP contribution in [-0.2, 0) is 0 Å². The van der Waals surface area contributed by atoms with E-state index in [2.05, 4.69) is 18.7 Å². The number of hydrogen-bond donors (Lipinski definition) is 0. The lowest BCUT2D eigenvalue weighted by molar-refractivity contribution is -0.115. The van der Waals surface area contributed by atoms with Crippen molar-refractivity contribution in [2.45, 2.75) is 51.0 Å². The van der Waals surface area contributed by atoms with Gasteiger partial charge in [-0.25, -0.2) is 8.78 Å². The van der Waals surface area contributed by atoms with E-state index in [-0.39, 0.29) is 30.7 Å². The van der Waals surface area contributed by atoms with E-state index in [0.29, 0.717) is 5.92 Å². The summed E-state index contributed by atoms with van der Waals surface area (Å²) in [7, 11) is 1.86. The van der Waals surface area contributed by atoms with Crippen molar-refractivity contribution in [3.63, 3.8) is 0 Å². The highest BCUT2D eigenvalue weighted by Crippen LogP contribution is 2.43. The summed E-state index contributed by atoms with van der Waals surface area (Å²) in [4.78, 5) is 18.8. The van der Waals surface area contributed by atoms with Crippen molar-refractivity contribution < 1.29 is 13.6 Å². The minimum absolute atomic E-state index is 0.0239. The Balaban J connectivity index is 1.52. The minimum atomic E-state index is -2.44. The van der Waals surface area contributed by atoms with Crippen molar-refractivity contribution in [1.82, 2.24) is 9.80 Å². The van der Waals surface area contributed by atoms with Gasteiger partial charge in [0.2, 0.25) is 5.92 Å². The van der Waals surface area contributed by atoms with Crippen LogP contribution in [0.15, 0.2) is 12.1 Å². The maximum atomic E-state index is 12.9. The van der Waals surface area contributed by atoms with Crippen molar-refractivity contribution >= 4 is 17.2 Å². The first-order valence-electron chi connectivity index (χ1n) is 8.72. The van der Waals surface area contributed by atoms with Crippen LogP contribution < -0.4 is 0 Å². The predicted molar refractivity (Wildman–Crippen MR) is 93.0 cm³/mol. The number of likely N-dealkylation sites (N-methyl/N-ethyl adjacent to an activating group) is 1. The molecule has 24 heavy (non-hydrogen) atoms. The van der Waals surface area contributed by atoms with Gasteiger partial charge >= 0.3 is 0 Å². The van der Waals surface area contributed by atoms with E-state index in [4.69, 9.17) is 0 Å². The Kier molecular flexibility index (Phi) is 4.98. The molecule has 1 unspecified atom stereocenters. The molecule has 3 nitrogen and oxygen atoms in total. The summed E-state index contributed by atoms with van der Waals surface area (Å²) in [6, 6.07) is 4.14. The van der Waals surface area contributed by atoms with Crippen LogP contribution in [0.25, 0.3) is 0 Å². The van der Waals surface area contributed by atoms with Gasteiger partial charge in [-0.1, -0.05) is 13.8 Å². The molecule has 1 atom stereocenters. The fourth-order valence-electron chi connectivity index (χ4n) is 3.69. The van der Waals surface area contributed by atoms with Crippen molar-refractivity contribution in [3.05, 3.63) is 21.9 Å².